The normalized spacial score (nSPS) is 11.5. The van der Waals surface area contributed by atoms with Crippen molar-refractivity contribution in [3.05, 3.63) is 29.8 Å². The molecular weight excluding hydrogens is 347 g/mol. The molecule has 0 unspecified atom stereocenters. The van der Waals surface area contributed by atoms with Gasteiger partial charge in [-0.3, -0.25) is 0 Å². The highest BCUT2D eigenvalue weighted by atomic mass is 35.5. The maximum absolute atomic E-state index is 10.8. The summed E-state index contributed by atoms with van der Waals surface area (Å²) in [6.07, 6.45) is 10.4. The summed E-state index contributed by atoms with van der Waals surface area (Å²) in [5.74, 6) is -0.245. The predicted molar refractivity (Wildman–Crippen MR) is 100 cm³/mol. The molecule has 0 aliphatic rings. The minimum absolute atomic E-state index is 0.313. The molecule has 0 amide bonds. The van der Waals surface area contributed by atoms with Crippen LogP contribution in [-0.4, -0.2) is 22.5 Å². The second-order valence-electron chi connectivity index (χ2n) is 6.19. The highest BCUT2D eigenvalue weighted by molar-refractivity contribution is 6.57. The summed E-state index contributed by atoms with van der Waals surface area (Å²) in [5, 5.41) is 8.80. The van der Waals surface area contributed by atoms with E-state index in [1.54, 1.807) is 7.11 Å². The van der Waals surface area contributed by atoms with Crippen molar-refractivity contribution in [1.82, 2.24) is 0 Å². The van der Waals surface area contributed by atoms with Gasteiger partial charge in [-0.15, -0.1) is 0 Å². The van der Waals surface area contributed by atoms with Gasteiger partial charge in [-0.05, 0) is 43.4 Å². The van der Waals surface area contributed by atoms with Crippen LogP contribution in [-0.2, 0) is 11.2 Å². The first-order chi connectivity index (χ1) is 11.5. The second-order valence-corrected chi connectivity index (χ2v) is 7.67. The first-order valence-corrected chi connectivity index (χ1v) is 9.45. The SMILES string of the molecule is COc1ccc(CCCCCCCCCCC(Cl)(Cl)C(=O)O)cc1. The summed E-state index contributed by atoms with van der Waals surface area (Å²) in [6.45, 7) is 0. The van der Waals surface area contributed by atoms with Gasteiger partial charge in [0.25, 0.3) is 0 Å². The van der Waals surface area contributed by atoms with Crippen LogP contribution >= 0.6 is 23.2 Å². The molecular formula is C19H28Cl2O3. The Labute approximate surface area is 155 Å². The number of halogens is 2. The number of rotatable bonds is 13. The summed E-state index contributed by atoms with van der Waals surface area (Å²) in [6, 6.07) is 8.28. The van der Waals surface area contributed by atoms with Crippen molar-refractivity contribution >= 4 is 29.2 Å². The highest BCUT2D eigenvalue weighted by Crippen LogP contribution is 2.28. The van der Waals surface area contributed by atoms with Gasteiger partial charge in [-0.1, -0.05) is 73.9 Å². The lowest BCUT2D eigenvalue weighted by Gasteiger charge is -2.13. The maximum Gasteiger partial charge on any atom is 0.340 e. The lowest BCUT2D eigenvalue weighted by atomic mass is 10.0. The van der Waals surface area contributed by atoms with Crippen LogP contribution in [0.2, 0.25) is 0 Å². The molecule has 0 fully saturated rings. The van der Waals surface area contributed by atoms with Crippen LogP contribution in [0.4, 0.5) is 0 Å². The third-order valence-electron chi connectivity index (χ3n) is 4.18. The zero-order chi connectivity index (χ0) is 17.8. The molecule has 0 aromatic heterocycles. The first kappa shape index (κ1) is 21.1. The molecule has 1 aromatic carbocycles. The van der Waals surface area contributed by atoms with Gasteiger partial charge >= 0.3 is 5.97 Å². The number of carboxylic acids is 1. The highest BCUT2D eigenvalue weighted by Gasteiger charge is 2.32. The number of hydrogen-bond acceptors (Lipinski definition) is 2. The summed E-state index contributed by atoms with van der Waals surface area (Å²) < 4.78 is 3.53. The number of alkyl halides is 2. The number of hydrogen-bond donors (Lipinski definition) is 1. The number of carbonyl (C=O) groups is 1. The Kier molecular flexibility index (Phi) is 10.2. The van der Waals surface area contributed by atoms with Crippen molar-refractivity contribution in [2.45, 2.75) is 68.5 Å². The number of carboxylic acid groups (broad SMARTS) is 1. The van der Waals surface area contributed by atoms with E-state index < -0.39 is 10.3 Å². The molecule has 1 rings (SSSR count). The van der Waals surface area contributed by atoms with E-state index in [2.05, 4.69) is 12.1 Å². The molecule has 0 aliphatic heterocycles. The number of ether oxygens (including phenoxy) is 1. The fourth-order valence-electron chi connectivity index (χ4n) is 2.64. The minimum atomic E-state index is -1.62. The van der Waals surface area contributed by atoms with Crippen molar-refractivity contribution in [2.24, 2.45) is 0 Å². The van der Waals surface area contributed by atoms with Gasteiger partial charge in [0.2, 0.25) is 4.33 Å². The van der Waals surface area contributed by atoms with Crippen LogP contribution in [0.5, 0.6) is 5.75 Å². The van der Waals surface area contributed by atoms with Crippen molar-refractivity contribution in [2.75, 3.05) is 7.11 Å². The predicted octanol–water partition coefficient (Wildman–Crippen LogP) is 6.01. The summed E-state index contributed by atoms with van der Waals surface area (Å²) in [4.78, 5) is 10.8. The summed E-state index contributed by atoms with van der Waals surface area (Å²) in [7, 11) is 1.68. The molecule has 136 valence electrons. The van der Waals surface area contributed by atoms with Gasteiger partial charge in [0.05, 0.1) is 7.11 Å². The molecule has 24 heavy (non-hydrogen) atoms. The van der Waals surface area contributed by atoms with Crippen LogP contribution < -0.4 is 4.74 Å². The van der Waals surface area contributed by atoms with Gasteiger partial charge < -0.3 is 9.84 Å². The standard InChI is InChI=1S/C19H28Cl2O3/c1-24-17-13-11-16(12-14-17)10-8-6-4-2-3-5-7-9-15-19(20,21)18(22)23/h11-14H,2-10,15H2,1H3,(H,22,23). The zero-order valence-corrected chi connectivity index (χ0v) is 15.9. The molecule has 0 saturated carbocycles. The quantitative estimate of drug-likeness (QED) is 0.339. The van der Waals surface area contributed by atoms with E-state index in [1.807, 2.05) is 12.1 Å². The molecule has 0 atom stereocenters. The van der Waals surface area contributed by atoms with Crippen LogP contribution in [0.25, 0.3) is 0 Å². The van der Waals surface area contributed by atoms with Crippen LogP contribution in [0.3, 0.4) is 0 Å². The number of methoxy groups -OCH3 is 1. The molecule has 0 spiro atoms. The molecule has 0 saturated heterocycles. The average Bonchev–Trinajstić information content (AvgIpc) is 2.57. The molecule has 0 radical (unpaired) electrons. The smallest absolute Gasteiger partial charge is 0.340 e. The van der Waals surface area contributed by atoms with E-state index in [0.29, 0.717) is 6.42 Å². The molecule has 3 nitrogen and oxygen atoms in total. The van der Waals surface area contributed by atoms with Crippen LogP contribution in [0.15, 0.2) is 24.3 Å². The minimum Gasteiger partial charge on any atom is -0.497 e. The van der Waals surface area contributed by atoms with E-state index in [-0.39, 0.29) is 0 Å². The van der Waals surface area contributed by atoms with Crippen LogP contribution in [0, 0.1) is 0 Å². The zero-order valence-electron chi connectivity index (χ0n) is 14.4. The van der Waals surface area contributed by atoms with Gasteiger partial charge in [0.15, 0.2) is 0 Å². The van der Waals surface area contributed by atoms with Crippen molar-refractivity contribution in [3.63, 3.8) is 0 Å². The second kappa shape index (κ2) is 11.6. The van der Waals surface area contributed by atoms with E-state index in [1.165, 1.54) is 37.7 Å². The van der Waals surface area contributed by atoms with Gasteiger partial charge in [0.1, 0.15) is 5.75 Å². The Balaban J connectivity index is 1.94. The van der Waals surface area contributed by atoms with E-state index in [4.69, 9.17) is 33.0 Å². The molecule has 1 aromatic rings. The average molecular weight is 375 g/mol. The number of unbranched alkanes of at least 4 members (excludes halogenated alkanes) is 7. The summed E-state index contributed by atoms with van der Waals surface area (Å²) >= 11 is 11.4. The van der Waals surface area contributed by atoms with E-state index >= 15 is 0 Å². The Bertz CT molecular complexity index is 472. The maximum atomic E-state index is 10.8. The largest absolute Gasteiger partial charge is 0.497 e. The number of aryl methyl sites for hydroxylation is 1. The van der Waals surface area contributed by atoms with Crippen molar-refractivity contribution < 1.29 is 14.6 Å². The topological polar surface area (TPSA) is 46.5 Å². The Morgan fingerprint density at radius 3 is 1.96 bits per heavy atom. The lowest BCUT2D eigenvalue weighted by molar-refractivity contribution is -0.138. The van der Waals surface area contributed by atoms with Gasteiger partial charge in [-0.2, -0.15) is 0 Å². The van der Waals surface area contributed by atoms with Gasteiger partial charge in [-0.25, -0.2) is 4.79 Å². The lowest BCUT2D eigenvalue weighted by Crippen LogP contribution is -2.25. The van der Waals surface area contributed by atoms with E-state index in [9.17, 15) is 4.79 Å². The van der Waals surface area contributed by atoms with Crippen molar-refractivity contribution in [3.8, 4) is 5.75 Å². The third-order valence-corrected chi connectivity index (χ3v) is 4.88. The molecule has 0 heterocycles. The van der Waals surface area contributed by atoms with Crippen molar-refractivity contribution in [1.29, 1.82) is 0 Å². The van der Waals surface area contributed by atoms with Gasteiger partial charge in [0, 0.05) is 0 Å². The number of benzene rings is 1. The molecule has 0 bridgehead atoms. The molecule has 1 N–H and O–H groups in total. The summed E-state index contributed by atoms with van der Waals surface area (Å²) in [5.41, 5.74) is 1.36. The Hall–Kier alpha value is -0.930. The Morgan fingerprint density at radius 2 is 1.46 bits per heavy atom. The molecule has 0 aliphatic carbocycles. The Morgan fingerprint density at radius 1 is 0.958 bits per heavy atom. The first-order valence-electron chi connectivity index (χ1n) is 8.70. The fourth-order valence-corrected chi connectivity index (χ4v) is 2.90. The third kappa shape index (κ3) is 8.79. The van der Waals surface area contributed by atoms with Crippen LogP contribution in [0.1, 0.15) is 63.4 Å². The molecule has 5 heteroatoms. The fraction of sp³-hybridized carbons (Fsp3) is 0.632. The van der Waals surface area contributed by atoms with E-state index in [0.717, 1.165) is 31.4 Å². The monoisotopic (exact) mass is 374 g/mol. The number of aliphatic carboxylic acids is 1.